The van der Waals surface area contributed by atoms with E-state index in [1.165, 1.54) is 5.56 Å². The monoisotopic (exact) mass is 411 g/mol. The Kier molecular flexibility index (Phi) is 11.9. The van der Waals surface area contributed by atoms with Crippen molar-refractivity contribution in [3.63, 3.8) is 0 Å². The van der Waals surface area contributed by atoms with Gasteiger partial charge < -0.3 is 10.2 Å². The molecule has 8 heteroatoms. The van der Waals surface area contributed by atoms with E-state index >= 15 is 0 Å². The van der Waals surface area contributed by atoms with E-state index in [2.05, 4.69) is 28.8 Å². The molecule has 0 unspecified atom stereocenters. The van der Waals surface area contributed by atoms with E-state index in [0.717, 1.165) is 45.6 Å². The molecule has 0 atom stereocenters. The minimum absolute atomic E-state index is 0. The van der Waals surface area contributed by atoms with E-state index in [1.807, 2.05) is 12.1 Å². The predicted molar refractivity (Wildman–Crippen MR) is 109 cm³/mol. The highest BCUT2D eigenvalue weighted by Crippen LogP contribution is 2.13. The van der Waals surface area contributed by atoms with Crippen molar-refractivity contribution in [1.29, 1.82) is 0 Å². The largest absolute Gasteiger partial charge is 0.314 e. The van der Waals surface area contributed by atoms with Crippen LogP contribution in [0.15, 0.2) is 29.2 Å². The predicted octanol–water partition coefficient (Wildman–Crippen LogP) is 2.30. The fourth-order valence-corrected chi connectivity index (χ4v) is 3.88. The lowest BCUT2D eigenvalue weighted by Gasteiger charge is -2.27. The highest BCUT2D eigenvalue weighted by molar-refractivity contribution is 7.89. The van der Waals surface area contributed by atoms with Crippen LogP contribution in [0.3, 0.4) is 0 Å². The molecule has 0 radical (unpaired) electrons. The number of halogens is 2. The molecule has 0 saturated carbocycles. The number of nitrogens with one attached hydrogen (secondary N) is 2. The lowest BCUT2D eigenvalue weighted by atomic mass is 10.0. The standard InChI is InChI=1S/C17H29N3O2S.2ClH/c1-15(2)14-16-4-6-17(7-5-16)23(21,22)19-8-3-11-20-12-9-18-10-13-20;;/h4-7,15,18-19H,3,8-14H2,1-2H3;2*1H. The Morgan fingerprint density at radius 2 is 1.72 bits per heavy atom. The van der Waals surface area contributed by atoms with Crippen LogP contribution < -0.4 is 10.0 Å². The number of rotatable bonds is 8. The summed E-state index contributed by atoms with van der Waals surface area (Å²) in [5, 5.41) is 3.31. The van der Waals surface area contributed by atoms with Crippen molar-refractivity contribution >= 4 is 34.8 Å². The van der Waals surface area contributed by atoms with Crippen molar-refractivity contribution in [2.75, 3.05) is 39.3 Å². The molecule has 25 heavy (non-hydrogen) atoms. The first-order chi connectivity index (χ1) is 11.0. The SMILES string of the molecule is CC(C)Cc1ccc(S(=O)(=O)NCCCN2CCNCC2)cc1.Cl.Cl. The van der Waals surface area contributed by atoms with Gasteiger partial charge in [0.05, 0.1) is 4.90 Å². The third kappa shape index (κ3) is 8.71. The van der Waals surface area contributed by atoms with Gasteiger partial charge in [0.1, 0.15) is 0 Å². The maximum Gasteiger partial charge on any atom is 0.240 e. The van der Waals surface area contributed by atoms with Crippen LogP contribution in [0.4, 0.5) is 0 Å². The number of benzene rings is 1. The second-order valence-electron chi connectivity index (χ2n) is 6.58. The number of nitrogens with zero attached hydrogens (tertiary/aromatic N) is 1. The molecule has 1 heterocycles. The zero-order valence-electron chi connectivity index (χ0n) is 15.0. The smallest absolute Gasteiger partial charge is 0.240 e. The van der Waals surface area contributed by atoms with Crippen LogP contribution in [-0.2, 0) is 16.4 Å². The van der Waals surface area contributed by atoms with E-state index in [0.29, 0.717) is 17.4 Å². The first-order valence-electron chi connectivity index (χ1n) is 8.49. The lowest BCUT2D eigenvalue weighted by Crippen LogP contribution is -2.44. The Morgan fingerprint density at radius 3 is 2.28 bits per heavy atom. The fourth-order valence-electron chi connectivity index (χ4n) is 2.80. The molecule has 1 fully saturated rings. The summed E-state index contributed by atoms with van der Waals surface area (Å²) in [7, 11) is -3.39. The minimum Gasteiger partial charge on any atom is -0.314 e. The molecular weight excluding hydrogens is 381 g/mol. The first-order valence-corrected chi connectivity index (χ1v) is 9.97. The van der Waals surface area contributed by atoms with Gasteiger partial charge in [-0.15, -0.1) is 24.8 Å². The van der Waals surface area contributed by atoms with Gasteiger partial charge >= 0.3 is 0 Å². The molecule has 5 nitrogen and oxygen atoms in total. The molecule has 2 N–H and O–H groups in total. The molecule has 0 bridgehead atoms. The number of sulfonamides is 1. The molecule has 1 aliphatic rings. The van der Waals surface area contributed by atoms with Crippen LogP contribution in [0, 0.1) is 5.92 Å². The van der Waals surface area contributed by atoms with Crippen molar-refractivity contribution in [3.05, 3.63) is 29.8 Å². The summed E-state index contributed by atoms with van der Waals surface area (Å²) in [5.41, 5.74) is 1.18. The van der Waals surface area contributed by atoms with Crippen LogP contribution >= 0.6 is 24.8 Å². The molecule has 0 spiro atoms. The van der Waals surface area contributed by atoms with Crippen molar-refractivity contribution < 1.29 is 8.42 Å². The van der Waals surface area contributed by atoms with Crippen molar-refractivity contribution in [1.82, 2.24) is 14.9 Å². The van der Waals surface area contributed by atoms with Gasteiger partial charge in [0.2, 0.25) is 10.0 Å². The van der Waals surface area contributed by atoms with Gasteiger partial charge in [-0.1, -0.05) is 26.0 Å². The van der Waals surface area contributed by atoms with Crippen LogP contribution in [0.25, 0.3) is 0 Å². The van der Waals surface area contributed by atoms with E-state index < -0.39 is 10.0 Å². The lowest BCUT2D eigenvalue weighted by molar-refractivity contribution is 0.239. The number of hydrogen-bond donors (Lipinski definition) is 2. The molecule has 0 aromatic heterocycles. The molecule has 146 valence electrons. The third-order valence-electron chi connectivity index (χ3n) is 4.03. The third-order valence-corrected chi connectivity index (χ3v) is 5.51. The van der Waals surface area contributed by atoms with E-state index in [1.54, 1.807) is 12.1 Å². The zero-order chi connectivity index (χ0) is 16.7. The Hall–Kier alpha value is -0.370. The van der Waals surface area contributed by atoms with Gasteiger partial charge in [-0.05, 0) is 43.0 Å². The van der Waals surface area contributed by atoms with Gasteiger partial charge in [0.25, 0.3) is 0 Å². The van der Waals surface area contributed by atoms with E-state index in [9.17, 15) is 8.42 Å². The molecule has 0 amide bonds. The summed E-state index contributed by atoms with van der Waals surface area (Å²) in [6.07, 6.45) is 1.81. The Bertz CT molecular complexity index is 574. The summed E-state index contributed by atoms with van der Waals surface area (Å²) in [4.78, 5) is 2.72. The average molecular weight is 412 g/mol. The van der Waals surface area contributed by atoms with Crippen molar-refractivity contribution in [2.24, 2.45) is 5.92 Å². The van der Waals surface area contributed by atoms with Crippen LogP contribution in [-0.4, -0.2) is 52.6 Å². The van der Waals surface area contributed by atoms with E-state index in [4.69, 9.17) is 0 Å². The topological polar surface area (TPSA) is 61.4 Å². The quantitative estimate of drug-likeness (QED) is 0.644. The van der Waals surface area contributed by atoms with Gasteiger partial charge in [-0.2, -0.15) is 0 Å². The Morgan fingerprint density at radius 1 is 1.12 bits per heavy atom. The maximum atomic E-state index is 12.3. The van der Waals surface area contributed by atoms with Gasteiger partial charge in [-0.25, -0.2) is 13.1 Å². The summed E-state index contributed by atoms with van der Waals surface area (Å²) in [6.45, 7) is 9.88. The highest BCUT2D eigenvalue weighted by atomic mass is 35.5. The summed E-state index contributed by atoms with van der Waals surface area (Å²) >= 11 is 0. The normalized spacial score (nSPS) is 15.5. The first kappa shape index (κ1) is 24.6. The zero-order valence-corrected chi connectivity index (χ0v) is 17.5. The summed E-state index contributed by atoms with van der Waals surface area (Å²) < 4.78 is 27.3. The summed E-state index contributed by atoms with van der Waals surface area (Å²) in [6, 6.07) is 7.23. The molecule has 0 aliphatic carbocycles. The van der Waals surface area contributed by atoms with Crippen LogP contribution in [0.5, 0.6) is 0 Å². The van der Waals surface area contributed by atoms with Gasteiger partial charge in [-0.3, -0.25) is 0 Å². The Labute approximate surface area is 164 Å². The summed E-state index contributed by atoms with van der Waals surface area (Å²) in [5.74, 6) is 0.570. The van der Waals surface area contributed by atoms with Crippen molar-refractivity contribution in [3.8, 4) is 0 Å². The average Bonchev–Trinajstić information content (AvgIpc) is 2.53. The molecule has 1 aliphatic heterocycles. The minimum atomic E-state index is -3.39. The molecule has 1 aromatic rings. The molecule has 2 rings (SSSR count). The second kappa shape index (κ2) is 12.1. The highest BCUT2D eigenvalue weighted by Gasteiger charge is 2.14. The number of piperazine rings is 1. The van der Waals surface area contributed by atoms with Crippen LogP contribution in [0.2, 0.25) is 0 Å². The Balaban J connectivity index is 0.00000288. The van der Waals surface area contributed by atoms with Gasteiger partial charge in [0, 0.05) is 32.7 Å². The molecular formula is C17H31Cl2N3O2S. The van der Waals surface area contributed by atoms with E-state index in [-0.39, 0.29) is 24.8 Å². The molecule has 1 aromatic carbocycles. The fraction of sp³-hybridized carbons (Fsp3) is 0.647. The van der Waals surface area contributed by atoms with Crippen LogP contribution in [0.1, 0.15) is 25.8 Å². The van der Waals surface area contributed by atoms with Gasteiger partial charge in [0.15, 0.2) is 0 Å². The maximum absolute atomic E-state index is 12.3. The van der Waals surface area contributed by atoms with Crippen molar-refractivity contribution in [2.45, 2.75) is 31.6 Å². The molecule has 1 saturated heterocycles. The number of hydrogen-bond acceptors (Lipinski definition) is 4. The second-order valence-corrected chi connectivity index (χ2v) is 8.35.